The summed E-state index contributed by atoms with van der Waals surface area (Å²) in [5, 5.41) is 1.29. The Labute approximate surface area is 124 Å². The van der Waals surface area contributed by atoms with Crippen LogP contribution in [0.3, 0.4) is 0 Å². The Balaban J connectivity index is 2.31. The summed E-state index contributed by atoms with van der Waals surface area (Å²) in [6.45, 7) is 6.23. The average Bonchev–Trinajstić information content (AvgIpc) is 2.36. The quantitative estimate of drug-likeness (QED) is 0.653. The van der Waals surface area contributed by atoms with Gasteiger partial charge in [0.25, 0.3) is 0 Å². The predicted molar refractivity (Wildman–Crippen MR) is 81.8 cm³/mol. The fraction of sp³-hybridized carbons (Fsp3) is 0.250. The molecule has 1 nitrogen and oxygen atoms in total. The number of aryl methyl sites for hydroxylation is 1. The minimum Gasteiger partial charge on any atom is -0.456 e. The van der Waals surface area contributed by atoms with E-state index in [-0.39, 0.29) is 0 Å². The molecular weight excluding hydrogens is 279 g/mol. The van der Waals surface area contributed by atoms with E-state index in [4.69, 9.17) is 27.9 Å². The van der Waals surface area contributed by atoms with Crippen LogP contribution in [0.2, 0.25) is 10.0 Å². The monoisotopic (exact) mass is 294 g/mol. The molecule has 19 heavy (non-hydrogen) atoms. The maximum Gasteiger partial charge on any atom is 0.146 e. The van der Waals surface area contributed by atoms with Crippen LogP contribution in [-0.4, -0.2) is 0 Å². The van der Waals surface area contributed by atoms with Gasteiger partial charge in [0.2, 0.25) is 0 Å². The minimum atomic E-state index is 0.432. The van der Waals surface area contributed by atoms with Crippen molar-refractivity contribution in [2.75, 3.05) is 0 Å². The Hall–Kier alpha value is -1.18. The highest BCUT2D eigenvalue weighted by Crippen LogP contribution is 2.33. The van der Waals surface area contributed by atoms with Gasteiger partial charge in [0.15, 0.2) is 0 Å². The first-order valence-electron chi connectivity index (χ1n) is 6.21. The molecule has 0 heterocycles. The van der Waals surface area contributed by atoms with Crippen LogP contribution in [0, 0.1) is 6.92 Å². The third-order valence-corrected chi connectivity index (χ3v) is 3.71. The first-order chi connectivity index (χ1) is 8.97. The highest BCUT2D eigenvalue weighted by atomic mass is 35.5. The van der Waals surface area contributed by atoms with Gasteiger partial charge in [-0.2, -0.15) is 0 Å². The van der Waals surface area contributed by atoms with Crippen LogP contribution < -0.4 is 4.74 Å². The topological polar surface area (TPSA) is 9.23 Å². The van der Waals surface area contributed by atoms with E-state index in [9.17, 15) is 0 Å². The molecule has 0 aliphatic carbocycles. The molecular formula is C16H16Cl2O. The van der Waals surface area contributed by atoms with Gasteiger partial charge < -0.3 is 4.74 Å². The first-order valence-corrected chi connectivity index (χ1v) is 6.96. The van der Waals surface area contributed by atoms with Crippen molar-refractivity contribution in [3.8, 4) is 11.5 Å². The summed E-state index contributed by atoms with van der Waals surface area (Å²) in [7, 11) is 0. The van der Waals surface area contributed by atoms with Gasteiger partial charge in [-0.3, -0.25) is 0 Å². The fourth-order valence-corrected chi connectivity index (χ4v) is 2.05. The van der Waals surface area contributed by atoms with Crippen molar-refractivity contribution in [2.45, 2.75) is 26.7 Å². The van der Waals surface area contributed by atoms with Gasteiger partial charge in [0.1, 0.15) is 11.5 Å². The lowest BCUT2D eigenvalue weighted by Crippen LogP contribution is -1.91. The highest BCUT2D eigenvalue weighted by Gasteiger charge is 2.08. The summed E-state index contributed by atoms with van der Waals surface area (Å²) in [6, 6.07) is 11.5. The van der Waals surface area contributed by atoms with Crippen LogP contribution in [0.15, 0.2) is 36.4 Å². The largest absolute Gasteiger partial charge is 0.456 e. The van der Waals surface area contributed by atoms with Gasteiger partial charge in [0, 0.05) is 5.02 Å². The molecule has 2 aromatic rings. The molecule has 2 rings (SSSR count). The molecule has 0 unspecified atom stereocenters. The lowest BCUT2D eigenvalue weighted by Gasteiger charge is -2.12. The second kappa shape index (κ2) is 5.85. The molecule has 0 radical (unpaired) electrons. The minimum absolute atomic E-state index is 0.432. The van der Waals surface area contributed by atoms with Crippen LogP contribution in [-0.2, 0) is 0 Å². The van der Waals surface area contributed by atoms with E-state index in [1.54, 1.807) is 6.07 Å². The van der Waals surface area contributed by atoms with Crippen molar-refractivity contribution in [2.24, 2.45) is 0 Å². The van der Waals surface area contributed by atoms with Crippen molar-refractivity contribution < 1.29 is 4.74 Å². The third-order valence-electron chi connectivity index (χ3n) is 2.99. The SMILES string of the molecule is Cc1ccc(Oc2cc(C(C)C)ccc2Cl)cc1Cl. The van der Waals surface area contributed by atoms with Crippen LogP contribution in [0.25, 0.3) is 0 Å². The molecule has 0 spiro atoms. The van der Waals surface area contributed by atoms with E-state index >= 15 is 0 Å². The number of hydrogen-bond donors (Lipinski definition) is 0. The van der Waals surface area contributed by atoms with Gasteiger partial charge in [-0.05, 0) is 48.2 Å². The maximum atomic E-state index is 6.16. The zero-order chi connectivity index (χ0) is 14.0. The zero-order valence-corrected chi connectivity index (χ0v) is 12.7. The van der Waals surface area contributed by atoms with Crippen LogP contribution in [0.5, 0.6) is 11.5 Å². The molecule has 0 aromatic heterocycles. The number of halogens is 2. The van der Waals surface area contributed by atoms with Crippen molar-refractivity contribution in [3.63, 3.8) is 0 Å². The Bertz CT molecular complexity index is 591. The Kier molecular flexibility index (Phi) is 4.38. The second-order valence-corrected chi connectivity index (χ2v) is 5.67. The number of benzene rings is 2. The molecule has 0 atom stereocenters. The molecule has 0 aliphatic heterocycles. The maximum absolute atomic E-state index is 6.16. The summed E-state index contributed by atoms with van der Waals surface area (Å²) >= 11 is 12.3. The normalized spacial score (nSPS) is 10.8. The Morgan fingerprint density at radius 3 is 2.32 bits per heavy atom. The predicted octanol–water partition coefficient (Wildman–Crippen LogP) is 6.22. The zero-order valence-electron chi connectivity index (χ0n) is 11.2. The van der Waals surface area contributed by atoms with E-state index in [1.807, 2.05) is 37.3 Å². The van der Waals surface area contributed by atoms with E-state index < -0.39 is 0 Å². The van der Waals surface area contributed by atoms with Crippen LogP contribution >= 0.6 is 23.2 Å². The first kappa shape index (κ1) is 14.2. The van der Waals surface area contributed by atoms with Crippen molar-refractivity contribution >= 4 is 23.2 Å². The third kappa shape index (κ3) is 3.43. The summed E-state index contributed by atoms with van der Waals surface area (Å²) in [4.78, 5) is 0. The van der Waals surface area contributed by atoms with E-state index in [2.05, 4.69) is 13.8 Å². The molecule has 2 aromatic carbocycles. The second-order valence-electron chi connectivity index (χ2n) is 4.86. The van der Waals surface area contributed by atoms with E-state index in [0.29, 0.717) is 27.5 Å². The van der Waals surface area contributed by atoms with Gasteiger partial charge in [-0.15, -0.1) is 0 Å². The molecule has 0 amide bonds. The number of hydrogen-bond acceptors (Lipinski definition) is 1. The standard InChI is InChI=1S/C16H16Cl2O/c1-10(2)12-5-7-14(17)16(8-12)19-13-6-4-11(3)15(18)9-13/h4-10H,1-3H3. The summed E-state index contributed by atoms with van der Waals surface area (Å²) < 4.78 is 5.82. The van der Waals surface area contributed by atoms with Gasteiger partial charge in [-0.1, -0.05) is 49.2 Å². The smallest absolute Gasteiger partial charge is 0.146 e. The molecule has 100 valence electrons. The van der Waals surface area contributed by atoms with Crippen molar-refractivity contribution in [1.82, 2.24) is 0 Å². The van der Waals surface area contributed by atoms with E-state index in [1.165, 1.54) is 5.56 Å². The lowest BCUT2D eigenvalue weighted by molar-refractivity contribution is 0.481. The van der Waals surface area contributed by atoms with Crippen molar-refractivity contribution in [3.05, 3.63) is 57.6 Å². The van der Waals surface area contributed by atoms with Crippen LogP contribution in [0.1, 0.15) is 30.9 Å². The summed E-state index contributed by atoms with van der Waals surface area (Å²) in [5.74, 6) is 1.78. The molecule has 0 aliphatic rings. The van der Waals surface area contributed by atoms with E-state index in [0.717, 1.165) is 5.56 Å². The number of rotatable bonds is 3. The van der Waals surface area contributed by atoms with Crippen molar-refractivity contribution in [1.29, 1.82) is 0 Å². The molecule has 3 heteroatoms. The number of ether oxygens (including phenoxy) is 1. The van der Waals surface area contributed by atoms with Gasteiger partial charge in [-0.25, -0.2) is 0 Å². The highest BCUT2D eigenvalue weighted by molar-refractivity contribution is 6.32. The fourth-order valence-electron chi connectivity index (χ4n) is 1.72. The lowest BCUT2D eigenvalue weighted by atomic mass is 10.0. The molecule has 0 saturated heterocycles. The molecule has 0 saturated carbocycles. The summed E-state index contributed by atoms with van der Waals surface area (Å²) in [5.41, 5.74) is 2.22. The van der Waals surface area contributed by atoms with Gasteiger partial charge >= 0.3 is 0 Å². The molecule has 0 fully saturated rings. The average molecular weight is 295 g/mol. The van der Waals surface area contributed by atoms with Crippen LogP contribution in [0.4, 0.5) is 0 Å². The Morgan fingerprint density at radius 2 is 1.68 bits per heavy atom. The van der Waals surface area contributed by atoms with Gasteiger partial charge in [0.05, 0.1) is 5.02 Å². The summed E-state index contributed by atoms with van der Waals surface area (Å²) in [6.07, 6.45) is 0. The molecule has 0 N–H and O–H groups in total. The Morgan fingerprint density at radius 1 is 0.947 bits per heavy atom. The molecule has 0 bridgehead atoms.